The van der Waals surface area contributed by atoms with Crippen molar-refractivity contribution >= 4 is 5.69 Å². The van der Waals surface area contributed by atoms with Gasteiger partial charge < -0.3 is 19.5 Å². The quantitative estimate of drug-likeness (QED) is 0.421. The number of benzene rings is 3. The van der Waals surface area contributed by atoms with Crippen LogP contribution < -0.4 is 14.4 Å². The van der Waals surface area contributed by atoms with Crippen LogP contribution in [0.5, 0.6) is 17.2 Å². The molecule has 3 aromatic carbocycles. The van der Waals surface area contributed by atoms with Gasteiger partial charge in [0.05, 0.1) is 18.4 Å². The largest absolute Gasteiger partial charge is 0.508 e. The Hall–Kier alpha value is -3.74. The van der Waals surface area contributed by atoms with Crippen LogP contribution in [-0.4, -0.2) is 35.5 Å². The highest BCUT2D eigenvalue weighted by molar-refractivity contribution is 5.60. The summed E-state index contributed by atoms with van der Waals surface area (Å²) >= 11 is 0. The summed E-state index contributed by atoms with van der Waals surface area (Å²) in [6.07, 6.45) is 0.0718. The van der Waals surface area contributed by atoms with Crippen molar-refractivity contribution < 1.29 is 19.5 Å². The minimum absolute atomic E-state index is 0.113. The van der Waals surface area contributed by atoms with Crippen LogP contribution in [0.25, 0.3) is 0 Å². The Kier molecular flexibility index (Phi) is 5.35. The Labute approximate surface area is 198 Å². The van der Waals surface area contributed by atoms with Gasteiger partial charge in [0.1, 0.15) is 23.3 Å². The zero-order chi connectivity index (χ0) is 24.0. The van der Waals surface area contributed by atoms with Crippen LogP contribution in [0.15, 0.2) is 72.8 Å². The first-order valence-corrected chi connectivity index (χ1v) is 11.5. The molecule has 0 saturated carbocycles. The van der Waals surface area contributed by atoms with E-state index in [9.17, 15) is 15.2 Å². The summed E-state index contributed by atoms with van der Waals surface area (Å²) in [5.74, 6) is 1.01. The van der Waals surface area contributed by atoms with Gasteiger partial charge in [-0.2, -0.15) is 0 Å². The molecule has 7 nitrogen and oxygen atoms in total. The normalized spacial score (nSPS) is 27.4. The fraction of sp³-hybridized carbons (Fsp3) is 0.333. The van der Waals surface area contributed by atoms with E-state index in [1.165, 1.54) is 0 Å². The second kappa shape index (κ2) is 8.24. The van der Waals surface area contributed by atoms with Gasteiger partial charge in [-0.1, -0.05) is 37.3 Å². The van der Waals surface area contributed by atoms with Crippen LogP contribution in [0.1, 0.15) is 37.3 Å². The molecule has 0 amide bonds. The lowest BCUT2D eigenvalue weighted by Gasteiger charge is -2.53. The number of rotatable bonds is 5. The average molecular weight is 461 g/mol. The van der Waals surface area contributed by atoms with Crippen molar-refractivity contribution in [3.63, 3.8) is 0 Å². The van der Waals surface area contributed by atoms with E-state index in [2.05, 4.69) is 4.90 Å². The molecule has 176 valence electrons. The molecule has 1 saturated heterocycles. The third-order valence-electron chi connectivity index (χ3n) is 7.48. The molecule has 0 bridgehead atoms. The van der Waals surface area contributed by atoms with E-state index in [4.69, 9.17) is 9.47 Å². The summed E-state index contributed by atoms with van der Waals surface area (Å²) in [5, 5.41) is 23.1. The summed E-state index contributed by atoms with van der Waals surface area (Å²) in [4.78, 5) is 14.7. The van der Waals surface area contributed by atoms with E-state index in [0.29, 0.717) is 17.9 Å². The molecule has 5 rings (SSSR count). The van der Waals surface area contributed by atoms with E-state index >= 15 is 0 Å². The van der Waals surface area contributed by atoms with Crippen molar-refractivity contribution in [1.82, 2.24) is 0 Å². The predicted octanol–water partition coefficient (Wildman–Crippen LogP) is 5.10. The highest BCUT2D eigenvalue weighted by Crippen LogP contribution is 2.58. The molecule has 2 aliphatic heterocycles. The molecule has 7 heteroatoms. The lowest BCUT2D eigenvalue weighted by molar-refractivity contribution is -0.535. The number of piperidine rings is 1. The molecule has 1 fully saturated rings. The summed E-state index contributed by atoms with van der Waals surface area (Å²) in [6, 6.07) is 21.0. The van der Waals surface area contributed by atoms with Crippen LogP contribution in [0.3, 0.4) is 0 Å². The van der Waals surface area contributed by atoms with Crippen molar-refractivity contribution in [3.8, 4) is 17.2 Å². The first-order chi connectivity index (χ1) is 16.4. The first kappa shape index (κ1) is 22.1. The maximum atomic E-state index is 12.8. The number of methoxy groups -OCH3 is 1. The lowest BCUT2D eigenvalue weighted by Crippen LogP contribution is -2.68. The van der Waals surface area contributed by atoms with Crippen molar-refractivity contribution in [1.29, 1.82) is 0 Å². The minimum Gasteiger partial charge on any atom is -0.508 e. The van der Waals surface area contributed by atoms with E-state index in [1.54, 1.807) is 25.3 Å². The number of ether oxygens (including phenoxy) is 2. The van der Waals surface area contributed by atoms with Gasteiger partial charge in [-0.05, 0) is 61.4 Å². The van der Waals surface area contributed by atoms with Gasteiger partial charge >= 0.3 is 0 Å². The molecule has 2 aliphatic rings. The Morgan fingerprint density at radius 3 is 2.44 bits per heavy atom. The van der Waals surface area contributed by atoms with E-state index in [1.807, 2.05) is 68.4 Å². The fourth-order valence-electron chi connectivity index (χ4n) is 5.98. The van der Waals surface area contributed by atoms with Gasteiger partial charge in [-0.3, -0.25) is 10.1 Å². The Balaban J connectivity index is 1.77. The molecule has 0 unspecified atom stereocenters. The maximum absolute atomic E-state index is 12.8. The number of hydrogen-bond acceptors (Lipinski definition) is 6. The summed E-state index contributed by atoms with van der Waals surface area (Å²) in [6.45, 7) is 4.01. The molecule has 0 aromatic heterocycles. The maximum Gasteiger partial charge on any atom is 0.241 e. The van der Waals surface area contributed by atoms with E-state index in [0.717, 1.165) is 16.8 Å². The van der Waals surface area contributed by atoms with Crippen LogP contribution in [0.2, 0.25) is 0 Å². The average Bonchev–Trinajstić information content (AvgIpc) is 3.15. The molecule has 3 aromatic rings. The lowest BCUT2D eigenvalue weighted by atomic mass is 9.61. The van der Waals surface area contributed by atoms with Gasteiger partial charge in [0, 0.05) is 16.2 Å². The zero-order valence-corrected chi connectivity index (χ0v) is 19.4. The van der Waals surface area contributed by atoms with Gasteiger partial charge in [-0.15, -0.1) is 0 Å². The highest BCUT2D eigenvalue weighted by atomic mass is 16.6. The van der Waals surface area contributed by atoms with Crippen molar-refractivity contribution in [3.05, 3.63) is 94.0 Å². The van der Waals surface area contributed by atoms with E-state index in [-0.39, 0.29) is 10.7 Å². The topological polar surface area (TPSA) is 85.1 Å². The minimum atomic E-state index is -0.896. The number of nitrogens with zero attached hydrogens (tertiary/aromatic N) is 2. The second-order valence-corrected chi connectivity index (χ2v) is 9.18. The molecule has 0 aliphatic carbocycles. The van der Waals surface area contributed by atoms with Crippen LogP contribution in [-0.2, 0) is 5.41 Å². The molecule has 2 heterocycles. The molecule has 0 spiro atoms. The third kappa shape index (κ3) is 3.18. The van der Waals surface area contributed by atoms with Gasteiger partial charge in [0.25, 0.3) is 0 Å². The summed E-state index contributed by atoms with van der Waals surface area (Å²) < 4.78 is 11.9. The zero-order valence-electron chi connectivity index (χ0n) is 19.4. The van der Waals surface area contributed by atoms with Gasteiger partial charge in [0.15, 0.2) is 6.23 Å². The van der Waals surface area contributed by atoms with Crippen molar-refractivity contribution in [2.24, 2.45) is 0 Å². The molecular weight excluding hydrogens is 432 g/mol. The number of nitro groups is 1. The number of hydrogen-bond donors (Lipinski definition) is 1. The van der Waals surface area contributed by atoms with Crippen molar-refractivity contribution in [2.45, 2.75) is 49.9 Å². The molecule has 5 atom stereocenters. The summed E-state index contributed by atoms with van der Waals surface area (Å²) in [5.41, 5.74) is 1.72. The molecular formula is C27H28N2O5. The number of anilines is 1. The highest BCUT2D eigenvalue weighted by Gasteiger charge is 2.65. The Morgan fingerprint density at radius 2 is 1.82 bits per heavy atom. The van der Waals surface area contributed by atoms with Gasteiger partial charge in [0.2, 0.25) is 6.04 Å². The number of aromatic hydroxyl groups is 1. The number of phenolic OH excluding ortho intramolecular Hbond substituents is 1. The molecule has 0 radical (unpaired) electrons. The smallest absolute Gasteiger partial charge is 0.241 e. The van der Waals surface area contributed by atoms with Crippen molar-refractivity contribution in [2.75, 3.05) is 12.0 Å². The monoisotopic (exact) mass is 460 g/mol. The standard InChI is InChI=1S/C27H28N2O5/c1-4-22-25(29(31)32)24(17-8-6-5-7-9-17)27(2)21-16-19(30)12-15-23(21)34-26(27)28(22)18-10-13-20(33-3)14-11-18/h5-16,22,24-26,30H,4H2,1-3H3/t22-,24-,25-,26+,27+/m0/s1. The first-order valence-electron chi connectivity index (χ1n) is 11.5. The second-order valence-electron chi connectivity index (χ2n) is 9.18. The number of phenols is 1. The Morgan fingerprint density at radius 1 is 1.12 bits per heavy atom. The third-order valence-corrected chi connectivity index (χ3v) is 7.48. The van der Waals surface area contributed by atoms with E-state index < -0.39 is 29.6 Å². The number of fused-ring (bicyclic) bond motifs is 3. The molecule has 1 N–H and O–H groups in total. The molecule has 34 heavy (non-hydrogen) atoms. The summed E-state index contributed by atoms with van der Waals surface area (Å²) in [7, 11) is 1.61. The van der Waals surface area contributed by atoms with Crippen LogP contribution >= 0.6 is 0 Å². The Bertz CT molecular complexity index is 1200. The SMILES string of the molecule is CC[C@H]1[C@H]([N+](=O)[O-])[C@H](c2ccccc2)[C@@]2(C)c3cc(O)ccc3O[C@H]2N1c1ccc(OC)cc1. The van der Waals surface area contributed by atoms with Crippen LogP contribution in [0, 0.1) is 10.1 Å². The van der Waals surface area contributed by atoms with Gasteiger partial charge in [-0.25, -0.2) is 0 Å². The van der Waals surface area contributed by atoms with Crippen LogP contribution in [0.4, 0.5) is 5.69 Å². The fourth-order valence-corrected chi connectivity index (χ4v) is 5.98. The predicted molar refractivity (Wildman–Crippen MR) is 129 cm³/mol.